The van der Waals surface area contributed by atoms with Gasteiger partial charge in [-0.3, -0.25) is 14.3 Å². The van der Waals surface area contributed by atoms with Crippen molar-refractivity contribution in [3.05, 3.63) is 107 Å². The summed E-state index contributed by atoms with van der Waals surface area (Å²) in [5, 5.41) is 7.09. The van der Waals surface area contributed by atoms with Crippen LogP contribution in [0.25, 0.3) is 11.1 Å². The van der Waals surface area contributed by atoms with Gasteiger partial charge in [0, 0.05) is 34.8 Å². The Labute approximate surface area is 167 Å². The number of benzene rings is 3. The Morgan fingerprint density at radius 1 is 0.862 bits per heavy atom. The maximum absolute atomic E-state index is 12.7. The molecule has 0 atom stereocenters. The van der Waals surface area contributed by atoms with Crippen molar-refractivity contribution in [2.75, 3.05) is 5.32 Å². The molecule has 1 aliphatic carbocycles. The smallest absolute Gasteiger partial charge is 0.255 e. The van der Waals surface area contributed by atoms with Crippen LogP contribution < -0.4 is 5.32 Å². The first-order valence-corrected chi connectivity index (χ1v) is 9.35. The van der Waals surface area contributed by atoms with Crippen LogP contribution in [0.1, 0.15) is 31.8 Å². The summed E-state index contributed by atoms with van der Waals surface area (Å²) >= 11 is 0. The minimum absolute atomic E-state index is 0.0341. The molecule has 1 aromatic heterocycles. The van der Waals surface area contributed by atoms with Crippen molar-refractivity contribution in [2.45, 2.75) is 6.54 Å². The second-order valence-corrected chi connectivity index (χ2v) is 6.99. The summed E-state index contributed by atoms with van der Waals surface area (Å²) in [7, 11) is 0. The summed E-state index contributed by atoms with van der Waals surface area (Å²) in [6.45, 7) is 0.675. The van der Waals surface area contributed by atoms with E-state index >= 15 is 0 Å². The Bertz CT molecular complexity index is 1230. The second kappa shape index (κ2) is 6.87. The van der Waals surface area contributed by atoms with Gasteiger partial charge in [0.2, 0.25) is 0 Å². The Hall–Kier alpha value is -3.99. The lowest BCUT2D eigenvalue weighted by Gasteiger charge is -2.08. The lowest BCUT2D eigenvalue weighted by atomic mass is 10.0. The van der Waals surface area contributed by atoms with Gasteiger partial charge in [-0.25, -0.2) is 0 Å². The molecule has 0 bridgehead atoms. The summed E-state index contributed by atoms with van der Waals surface area (Å²) in [5.74, 6) is -0.274. The Morgan fingerprint density at radius 2 is 1.62 bits per heavy atom. The highest BCUT2D eigenvalue weighted by Gasteiger charge is 2.27. The van der Waals surface area contributed by atoms with Gasteiger partial charge in [0.15, 0.2) is 5.78 Å². The van der Waals surface area contributed by atoms with E-state index in [2.05, 4.69) is 10.4 Å². The van der Waals surface area contributed by atoms with Gasteiger partial charge in [-0.2, -0.15) is 5.10 Å². The van der Waals surface area contributed by atoms with Crippen molar-refractivity contribution in [3.8, 4) is 11.1 Å². The molecule has 5 rings (SSSR count). The molecule has 3 aromatic carbocycles. The number of ketones is 1. The van der Waals surface area contributed by atoms with Crippen LogP contribution in [-0.2, 0) is 6.54 Å². The molecule has 4 aromatic rings. The molecule has 29 heavy (non-hydrogen) atoms. The Balaban J connectivity index is 1.34. The van der Waals surface area contributed by atoms with Gasteiger partial charge in [0.25, 0.3) is 5.91 Å². The molecule has 1 amide bonds. The third-order valence-corrected chi connectivity index (χ3v) is 5.10. The molecule has 0 saturated heterocycles. The molecule has 0 radical (unpaired) electrons. The third-order valence-electron chi connectivity index (χ3n) is 5.10. The normalized spacial score (nSPS) is 11.8. The number of carbonyl (C=O) groups excluding carboxylic acids is 2. The first-order valence-electron chi connectivity index (χ1n) is 9.35. The summed E-state index contributed by atoms with van der Waals surface area (Å²) in [6.07, 6.45) is 3.65. The van der Waals surface area contributed by atoms with Crippen LogP contribution in [0.3, 0.4) is 0 Å². The number of anilines is 1. The van der Waals surface area contributed by atoms with E-state index in [4.69, 9.17) is 0 Å². The highest BCUT2D eigenvalue weighted by molar-refractivity contribution is 6.22. The number of rotatable bonds is 4. The maximum Gasteiger partial charge on any atom is 0.255 e. The maximum atomic E-state index is 12.7. The molecular formula is C24H17N3O2. The van der Waals surface area contributed by atoms with E-state index in [0.717, 1.165) is 16.7 Å². The van der Waals surface area contributed by atoms with Crippen LogP contribution in [0.2, 0.25) is 0 Å². The van der Waals surface area contributed by atoms with Crippen molar-refractivity contribution in [3.63, 3.8) is 0 Å². The molecule has 1 heterocycles. The zero-order chi connectivity index (χ0) is 19.8. The molecule has 5 nitrogen and oxygen atoms in total. The topological polar surface area (TPSA) is 64.0 Å². The number of nitrogens with one attached hydrogen (secondary N) is 1. The molecule has 1 N–H and O–H groups in total. The fourth-order valence-electron chi connectivity index (χ4n) is 3.65. The van der Waals surface area contributed by atoms with E-state index in [1.54, 1.807) is 18.3 Å². The van der Waals surface area contributed by atoms with Gasteiger partial charge >= 0.3 is 0 Å². The average Bonchev–Trinajstić information content (AvgIpc) is 3.36. The number of carbonyl (C=O) groups is 2. The third kappa shape index (κ3) is 3.12. The van der Waals surface area contributed by atoms with Crippen molar-refractivity contribution in [2.24, 2.45) is 0 Å². The van der Waals surface area contributed by atoms with Gasteiger partial charge in [-0.05, 0) is 47.0 Å². The molecule has 0 unspecified atom stereocenters. The fourth-order valence-corrected chi connectivity index (χ4v) is 3.65. The minimum atomic E-state index is -0.239. The monoisotopic (exact) mass is 379 g/mol. The summed E-state index contributed by atoms with van der Waals surface area (Å²) in [6, 6.07) is 22.3. The molecule has 140 valence electrons. The highest BCUT2D eigenvalue weighted by atomic mass is 16.1. The summed E-state index contributed by atoms with van der Waals surface area (Å²) < 4.78 is 1.84. The van der Waals surface area contributed by atoms with Gasteiger partial charge in [0.05, 0.1) is 6.54 Å². The first kappa shape index (κ1) is 17.1. The largest absolute Gasteiger partial charge is 0.322 e. The van der Waals surface area contributed by atoms with Gasteiger partial charge in [0.1, 0.15) is 0 Å². The molecule has 0 aliphatic heterocycles. The van der Waals surface area contributed by atoms with E-state index in [1.165, 1.54) is 0 Å². The first-order chi connectivity index (χ1) is 14.2. The lowest BCUT2D eigenvalue weighted by molar-refractivity contribution is 0.102. The Kier molecular flexibility index (Phi) is 4.06. The number of hydrogen-bond acceptors (Lipinski definition) is 3. The van der Waals surface area contributed by atoms with Crippen LogP contribution >= 0.6 is 0 Å². The van der Waals surface area contributed by atoms with E-state index in [9.17, 15) is 9.59 Å². The zero-order valence-electron chi connectivity index (χ0n) is 15.5. The predicted octanol–water partition coefficient (Wildman–Crippen LogP) is 4.40. The van der Waals surface area contributed by atoms with Crippen LogP contribution in [0.15, 0.2) is 85.2 Å². The molecule has 0 saturated carbocycles. The van der Waals surface area contributed by atoms with Crippen LogP contribution in [0.4, 0.5) is 5.69 Å². The number of aromatic nitrogens is 2. The number of amides is 1. The second-order valence-electron chi connectivity index (χ2n) is 6.99. The van der Waals surface area contributed by atoms with Crippen LogP contribution in [0.5, 0.6) is 0 Å². The van der Waals surface area contributed by atoms with E-state index in [0.29, 0.717) is 28.9 Å². The SMILES string of the molecule is O=C(Nc1ccc(Cn2cccn2)cc1)c1ccc2c(c1)C(=O)c1ccccc1-2. The van der Waals surface area contributed by atoms with Gasteiger partial charge < -0.3 is 5.32 Å². The summed E-state index contributed by atoms with van der Waals surface area (Å²) in [5.41, 5.74) is 5.33. The standard InChI is InChI=1S/C24H17N3O2/c28-23-21-5-2-1-4-19(21)20-11-8-17(14-22(20)23)24(29)26-18-9-6-16(7-10-18)15-27-13-3-12-25-27/h1-14H,15H2,(H,26,29). The predicted molar refractivity (Wildman–Crippen MR) is 111 cm³/mol. The van der Waals surface area contributed by atoms with Crippen molar-refractivity contribution >= 4 is 17.4 Å². The highest BCUT2D eigenvalue weighted by Crippen LogP contribution is 2.36. The number of nitrogens with zero attached hydrogens (tertiary/aromatic N) is 2. The summed E-state index contributed by atoms with van der Waals surface area (Å²) in [4.78, 5) is 25.3. The Morgan fingerprint density at radius 3 is 2.38 bits per heavy atom. The van der Waals surface area contributed by atoms with E-state index < -0.39 is 0 Å². The minimum Gasteiger partial charge on any atom is -0.322 e. The molecule has 5 heteroatoms. The van der Waals surface area contributed by atoms with Crippen molar-refractivity contribution in [1.82, 2.24) is 9.78 Å². The molecular weight excluding hydrogens is 362 g/mol. The zero-order valence-corrected chi connectivity index (χ0v) is 15.5. The molecule has 0 fully saturated rings. The van der Waals surface area contributed by atoms with Gasteiger partial charge in [-0.1, -0.05) is 42.5 Å². The van der Waals surface area contributed by atoms with E-state index in [1.807, 2.05) is 71.5 Å². The van der Waals surface area contributed by atoms with Gasteiger partial charge in [-0.15, -0.1) is 0 Å². The van der Waals surface area contributed by atoms with Crippen molar-refractivity contribution in [1.29, 1.82) is 0 Å². The lowest BCUT2D eigenvalue weighted by Crippen LogP contribution is -2.12. The van der Waals surface area contributed by atoms with E-state index in [-0.39, 0.29) is 11.7 Å². The van der Waals surface area contributed by atoms with Crippen LogP contribution in [0, 0.1) is 0 Å². The van der Waals surface area contributed by atoms with Crippen molar-refractivity contribution < 1.29 is 9.59 Å². The fraction of sp³-hybridized carbons (Fsp3) is 0.0417. The van der Waals surface area contributed by atoms with Crippen LogP contribution in [-0.4, -0.2) is 21.5 Å². The molecule has 1 aliphatic rings. The quantitative estimate of drug-likeness (QED) is 0.504. The number of hydrogen-bond donors (Lipinski definition) is 1. The number of fused-ring (bicyclic) bond motifs is 3. The average molecular weight is 379 g/mol. The molecule has 0 spiro atoms.